The maximum Gasteiger partial charge on any atom is 0.0323 e. The van der Waals surface area contributed by atoms with Gasteiger partial charge in [-0.3, -0.25) is 0 Å². The number of nitrogens with one attached hydrogen (secondary N) is 1. The molecule has 3 atom stereocenters. The Balaban J connectivity index is 1.90. The van der Waals surface area contributed by atoms with E-state index in [1.165, 1.54) is 24.8 Å². The lowest BCUT2D eigenvalue weighted by atomic mass is 9.81. The molecule has 1 N–H and O–H groups in total. The second-order valence-corrected chi connectivity index (χ2v) is 6.35. The Bertz CT molecular complexity index is 416. The summed E-state index contributed by atoms with van der Waals surface area (Å²) < 4.78 is 0. The van der Waals surface area contributed by atoms with E-state index in [0.717, 1.165) is 13.1 Å². The van der Waals surface area contributed by atoms with Crippen LogP contribution in [0.4, 0.5) is 0 Å². The molecule has 0 saturated carbocycles. The highest BCUT2D eigenvalue weighted by atomic mass is 15.1. The lowest BCUT2D eigenvalue weighted by Crippen LogP contribution is -2.37. The molecule has 2 rings (SSSR count). The highest BCUT2D eigenvalue weighted by Gasteiger charge is 2.23. The molecule has 2 heteroatoms. The summed E-state index contributed by atoms with van der Waals surface area (Å²) in [6.45, 7) is 9.12. The molecule has 0 heterocycles. The van der Waals surface area contributed by atoms with Crippen molar-refractivity contribution in [2.75, 3.05) is 20.1 Å². The monoisotopic (exact) mass is 274 g/mol. The SMILES string of the molecule is CCC(C)N(C)CCNC1CCC(C)c2ccccc21. The van der Waals surface area contributed by atoms with Gasteiger partial charge in [-0.05, 0) is 50.3 Å². The predicted octanol–water partition coefficient (Wildman–Crippen LogP) is 3.94. The molecule has 2 nitrogen and oxygen atoms in total. The van der Waals surface area contributed by atoms with E-state index in [0.29, 0.717) is 18.0 Å². The van der Waals surface area contributed by atoms with Crippen LogP contribution < -0.4 is 5.32 Å². The van der Waals surface area contributed by atoms with E-state index in [2.05, 4.69) is 62.3 Å². The van der Waals surface area contributed by atoms with Crippen LogP contribution in [0.15, 0.2) is 24.3 Å². The zero-order chi connectivity index (χ0) is 14.5. The fourth-order valence-electron chi connectivity index (χ4n) is 3.16. The minimum atomic E-state index is 0.549. The van der Waals surface area contributed by atoms with Gasteiger partial charge < -0.3 is 10.2 Å². The maximum atomic E-state index is 3.77. The summed E-state index contributed by atoms with van der Waals surface area (Å²) in [5.74, 6) is 0.715. The Labute approximate surface area is 124 Å². The minimum absolute atomic E-state index is 0.549. The minimum Gasteiger partial charge on any atom is -0.309 e. The van der Waals surface area contributed by atoms with Crippen LogP contribution in [0.25, 0.3) is 0 Å². The quantitative estimate of drug-likeness (QED) is 0.845. The normalized spacial score (nSPS) is 23.6. The van der Waals surface area contributed by atoms with Gasteiger partial charge >= 0.3 is 0 Å². The molecule has 1 aliphatic rings. The number of hydrogen-bond donors (Lipinski definition) is 1. The molecule has 3 unspecified atom stereocenters. The van der Waals surface area contributed by atoms with Gasteiger partial charge in [0, 0.05) is 25.2 Å². The van der Waals surface area contributed by atoms with Crippen molar-refractivity contribution < 1.29 is 0 Å². The molecule has 0 aromatic heterocycles. The van der Waals surface area contributed by atoms with Crippen molar-refractivity contribution in [1.29, 1.82) is 0 Å². The van der Waals surface area contributed by atoms with Crippen molar-refractivity contribution in [1.82, 2.24) is 10.2 Å². The lowest BCUT2D eigenvalue weighted by molar-refractivity contribution is 0.246. The van der Waals surface area contributed by atoms with Crippen LogP contribution in [0.5, 0.6) is 0 Å². The lowest BCUT2D eigenvalue weighted by Gasteiger charge is -2.31. The first-order chi connectivity index (χ1) is 9.63. The van der Waals surface area contributed by atoms with E-state index < -0.39 is 0 Å². The van der Waals surface area contributed by atoms with Crippen LogP contribution in [-0.4, -0.2) is 31.1 Å². The molecular weight excluding hydrogens is 244 g/mol. The molecule has 0 amide bonds. The second-order valence-electron chi connectivity index (χ2n) is 6.35. The molecule has 0 saturated heterocycles. The van der Waals surface area contributed by atoms with Crippen molar-refractivity contribution in [3.05, 3.63) is 35.4 Å². The van der Waals surface area contributed by atoms with E-state index >= 15 is 0 Å². The second kappa shape index (κ2) is 7.24. The van der Waals surface area contributed by atoms with Crippen molar-refractivity contribution >= 4 is 0 Å². The van der Waals surface area contributed by atoms with Crippen LogP contribution in [0.1, 0.15) is 63.1 Å². The number of benzene rings is 1. The van der Waals surface area contributed by atoms with E-state index in [9.17, 15) is 0 Å². The Morgan fingerprint density at radius 1 is 1.25 bits per heavy atom. The summed E-state index contributed by atoms with van der Waals surface area (Å²) in [5, 5.41) is 3.77. The van der Waals surface area contributed by atoms with Crippen molar-refractivity contribution in [3.63, 3.8) is 0 Å². The average molecular weight is 274 g/mol. The van der Waals surface area contributed by atoms with E-state index in [-0.39, 0.29) is 0 Å². The third-order valence-electron chi connectivity index (χ3n) is 4.99. The first-order valence-corrected chi connectivity index (χ1v) is 8.16. The van der Waals surface area contributed by atoms with Gasteiger partial charge in [0.05, 0.1) is 0 Å². The zero-order valence-electron chi connectivity index (χ0n) is 13.5. The molecule has 0 aliphatic heterocycles. The van der Waals surface area contributed by atoms with Gasteiger partial charge in [0.15, 0.2) is 0 Å². The maximum absolute atomic E-state index is 3.77. The Morgan fingerprint density at radius 3 is 2.65 bits per heavy atom. The number of rotatable bonds is 6. The predicted molar refractivity (Wildman–Crippen MR) is 87.2 cm³/mol. The molecule has 0 spiro atoms. The third kappa shape index (κ3) is 3.62. The molecule has 0 radical (unpaired) electrons. The largest absolute Gasteiger partial charge is 0.309 e. The Kier molecular flexibility index (Phi) is 5.62. The van der Waals surface area contributed by atoms with Crippen LogP contribution in [0, 0.1) is 0 Å². The summed E-state index contributed by atoms with van der Waals surface area (Å²) in [6.07, 6.45) is 3.79. The number of fused-ring (bicyclic) bond motifs is 1. The first kappa shape index (κ1) is 15.5. The molecule has 1 aliphatic carbocycles. The molecule has 112 valence electrons. The molecule has 0 bridgehead atoms. The molecule has 0 fully saturated rings. The van der Waals surface area contributed by atoms with Crippen LogP contribution in [0.2, 0.25) is 0 Å². The Morgan fingerprint density at radius 2 is 1.95 bits per heavy atom. The van der Waals surface area contributed by atoms with Crippen LogP contribution in [0.3, 0.4) is 0 Å². The zero-order valence-corrected chi connectivity index (χ0v) is 13.5. The van der Waals surface area contributed by atoms with E-state index in [1.54, 1.807) is 5.56 Å². The van der Waals surface area contributed by atoms with Gasteiger partial charge in [-0.2, -0.15) is 0 Å². The third-order valence-corrected chi connectivity index (χ3v) is 4.99. The molecule has 1 aromatic carbocycles. The van der Waals surface area contributed by atoms with Gasteiger partial charge in [-0.15, -0.1) is 0 Å². The number of nitrogens with zero attached hydrogens (tertiary/aromatic N) is 1. The topological polar surface area (TPSA) is 15.3 Å². The number of hydrogen-bond acceptors (Lipinski definition) is 2. The fourth-order valence-corrected chi connectivity index (χ4v) is 3.16. The summed E-state index contributed by atoms with van der Waals surface area (Å²) >= 11 is 0. The van der Waals surface area contributed by atoms with Crippen LogP contribution >= 0.6 is 0 Å². The van der Waals surface area contributed by atoms with Gasteiger partial charge in [0.25, 0.3) is 0 Å². The van der Waals surface area contributed by atoms with Gasteiger partial charge in [-0.1, -0.05) is 38.1 Å². The van der Waals surface area contributed by atoms with Crippen molar-refractivity contribution in [2.24, 2.45) is 0 Å². The van der Waals surface area contributed by atoms with Crippen molar-refractivity contribution in [3.8, 4) is 0 Å². The first-order valence-electron chi connectivity index (χ1n) is 8.16. The average Bonchev–Trinajstić information content (AvgIpc) is 2.49. The summed E-state index contributed by atoms with van der Waals surface area (Å²) in [6, 6.07) is 10.2. The fraction of sp³-hybridized carbons (Fsp3) is 0.667. The van der Waals surface area contributed by atoms with Gasteiger partial charge in [0.2, 0.25) is 0 Å². The van der Waals surface area contributed by atoms with Gasteiger partial charge in [-0.25, -0.2) is 0 Å². The highest BCUT2D eigenvalue weighted by Crippen LogP contribution is 2.36. The molecular formula is C18H30N2. The van der Waals surface area contributed by atoms with E-state index in [4.69, 9.17) is 0 Å². The summed E-state index contributed by atoms with van der Waals surface area (Å²) in [4.78, 5) is 2.45. The molecule has 1 aromatic rings. The summed E-state index contributed by atoms with van der Waals surface area (Å²) in [7, 11) is 2.23. The standard InChI is InChI=1S/C18H30N2/c1-5-15(3)20(4)13-12-19-18-11-10-14(2)16-8-6-7-9-17(16)18/h6-9,14-15,18-19H,5,10-13H2,1-4H3. The Hall–Kier alpha value is -0.860. The number of likely N-dealkylation sites (N-methyl/N-ethyl adjacent to an activating group) is 1. The summed E-state index contributed by atoms with van der Waals surface area (Å²) in [5.41, 5.74) is 3.07. The van der Waals surface area contributed by atoms with Crippen molar-refractivity contribution in [2.45, 2.75) is 58.0 Å². The highest BCUT2D eigenvalue weighted by molar-refractivity contribution is 5.34. The van der Waals surface area contributed by atoms with E-state index in [1.807, 2.05) is 0 Å². The molecule has 20 heavy (non-hydrogen) atoms. The van der Waals surface area contributed by atoms with Crippen LogP contribution in [-0.2, 0) is 0 Å². The van der Waals surface area contributed by atoms with Gasteiger partial charge in [0.1, 0.15) is 0 Å². The smallest absolute Gasteiger partial charge is 0.0323 e.